The quantitative estimate of drug-likeness (QED) is 0.720. The van der Waals surface area contributed by atoms with Crippen molar-refractivity contribution in [3.05, 3.63) is 60.2 Å². The highest BCUT2D eigenvalue weighted by Gasteiger charge is 2.31. The third kappa shape index (κ3) is 3.30. The summed E-state index contributed by atoms with van der Waals surface area (Å²) in [5, 5.41) is 12.1. The molecule has 0 aliphatic carbocycles. The first-order chi connectivity index (χ1) is 12.7. The van der Waals surface area contributed by atoms with Crippen LogP contribution in [0, 0.1) is 5.82 Å². The van der Waals surface area contributed by atoms with E-state index in [0.717, 1.165) is 18.5 Å². The first-order valence-electron chi connectivity index (χ1n) is 8.45. The van der Waals surface area contributed by atoms with Crippen LogP contribution < -0.4 is 0 Å². The van der Waals surface area contributed by atoms with Crippen LogP contribution in [0.5, 0.6) is 0 Å². The second-order valence-corrected chi connectivity index (χ2v) is 6.15. The Morgan fingerprint density at radius 1 is 1.19 bits per heavy atom. The van der Waals surface area contributed by atoms with E-state index in [1.54, 1.807) is 18.3 Å². The first-order valence-corrected chi connectivity index (χ1v) is 8.45. The van der Waals surface area contributed by atoms with Gasteiger partial charge in [0.25, 0.3) is 0 Å². The van der Waals surface area contributed by atoms with Gasteiger partial charge in [0.2, 0.25) is 11.7 Å². The number of hydrogen-bond acceptors (Lipinski definition) is 5. The van der Waals surface area contributed by atoms with Crippen LogP contribution in [0.25, 0.3) is 11.4 Å². The fourth-order valence-electron chi connectivity index (χ4n) is 3.18. The summed E-state index contributed by atoms with van der Waals surface area (Å²) in [6, 6.07) is 11.6. The number of amides is 1. The largest absolute Gasteiger partial charge is 0.332 e. The molecule has 0 radical (unpaired) electrons. The summed E-state index contributed by atoms with van der Waals surface area (Å²) in [4.78, 5) is 20.2. The summed E-state index contributed by atoms with van der Waals surface area (Å²) in [5.74, 6) is -0.0346. The van der Waals surface area contributed by atoms with Crippen molar-refractivity contribution in [2.45, 2.75) is 25.4 Å². The number of hydrogen-bond donors (Lipinski definition) is 0. The molecule has 1 aromatic carbocycles. The summed E-state index contributed by atoms with van der Waals surface area (Å²) in [6.45, 7) is 0.705. The minimum absolute atomic E-state index is 0.0104. The Kier molecular flexibility index (Phi) is 4.39. The summed E-state index contributed by atoms with van der Waals surface area (Å²) in [7, 11) is 0. The fraction of sp³-hybridized carbons (Fsp3) is 0.278. The molecular formula is C18H17FN6O. The number of nitrogens with zero attached hydrogens (tertiary/aromatic N) is 6. The average molecular weight is 352 g/mol. The SMILES string of the molecule is O=C(Cn1nnc(-c2ccc(F)cc2)n1)N1CCC[C@H]1c1ccccn1. The molecule has 3 heterocycles. The van der Waals surface area contributed by atoms with Crippen LogP contribution in [0.3, 0.4) is 0 Å². The van der Waals surface area contributed by atoms with Crippen molar-refractivity contribution in [1.82, 2.24) is 30.1 Å². The maximum absolute atomic E-state index is 13.0. The number of benzene rings is 1. The standard InChI is InChI=1S/C18H17FN6O/c19-14-8-6-13(7-9-14)18-21-23-25(22-18)12-17(26)24-11-3-5-16(24)15-4-1-2-10-20-15/h1-2,4,6-10,16H,3,5,11-12H2/t16-/m0/s1. The smallest absolute Gasteiger partial charge is 0.246 e. The van der Waals surface area contributed by atoms with E-state index in [-0.39, 0.29) is 24.3 Å². The number of likely N-dealkylation sites (tertiary alicyclic amines) is 1. The lowest BCUT2D eigenvalue weighted by Crippen LogP contribution is -2.34. The van der Waals surface area contributed by atoms with Gasteiger partial charge in [0, 0.05) is 18.3 Å². The summed E-state index contributed by atoms with van der Waals surface area (Å²) in [5.41, 5.74) is 1.55. The van der Waals surface area contributed by atoms with Gasteiger partial charge in [-0.2, -0.15) is 4.80 Å². The second-order valence-electron chi connectivity index (χ2n) is 6.15. The van der Waals surface area contributed by atoms with Crippen molar-refractivity contribution in [3.63, 3.8) is 0 Å². The Labute approximate surface area is 149 Å². The molecule has 4 rings (SSSR count). The summed E-state index contributed by atoms with van der Waals surface area (Å²) in [6.07, 6.45) is 3.58. The molecule has 8 heteroatoms. The molecule has 7 nitrogen and oxygen atoms in total. The van der Waals surface area contributed by atoms with Crippen LogP contribution in [0.2, 0.25) is 0 Å². The van der Waals surface area contributed by atoms with Gasteiger partial charge >= 0.3 is 0 Å². The maximum atomic E-state index is 13.0. The third-order valence-corrected chi connectivity index (χ3v) is 4.43. The Balaban J connectivity index is 1.47. The van der Waals surface area contributed by atoms with Crippen molar-refractivity contribution in [2.75, 3.05) is 6.54 Å². The van der Waals surface area contributed by atoms with Gasteiger partial charge in [0.05, 0.1) is 11.7 Å². The highest BCUT2D eigenvalue weighted by molar-refractivity contribution is 5.76. The van der Waals surface area contributed by atoms with Gasteiger partial charge in [0.15, 0.2) is 0 Å². The van der Waals surface area contributed by atoms with Crippen molar-refractivity contribution >= 4 is 5.91 Å². The number of aromatic nitrogens is 5. The van der Waals surface area contributed by atoms with Gasteiger partial charge in [-0.25, -0.2) is 4.39 Å². The van der Waals surface area contributed by atoms with E-state index in [2.05, 4.69) is 20.4 Å². The average Bonchev–Trinajstić information content (AvgIpc) is 3.32. The van der Waals surface area contributed by atoms with Gasteiger partial charge in [0.1, 0.15) is 12.4 Å². The second kappa shape index (κ2) is 6.99. The van der Waals surface area contributed by atoms with E-state index >= 15 is 0 Å². The van der Waals surface area contributed by atoms with Crippen molar-refractivity contribution in [1.29, 1.82) is 0 Å². The van der Waals surface area contributed by atoms with E-state index in [4.69, 9.17) is 0 Å². The molecule has 3 aromatic rings. The van der Waals surface area contributed by atoms with Crippen LogP contribution in [0.15, 0.2) is 48.7 Å². The molecule has 1 atom stereocenters. The van der Waals surface area contributed by atoms with Crippen LogP contribution in [-0.2, 0) is 11.3 Å². The van der Waals surface area contributed by atoms with E-state index in [1.165, 1.54) is 16.9 Å². The van der Waals surface area contributed by atoms with Crippen LogP contribution in [0.4, 0.5) is 4.39 Å². The molecular weight excluding hydrogens is 335 g/mol. The zero-order chi connectivity index (χ0) is 17.9. The number of carbonyl (C=O) groups excluding carboxylic acids is 1. The number of pyridine rings is 1. The Bertz CT molecular complexity index is 896. The van der Waals surface area contributed by atoms with E-state index in [0.29, 0.717) is 17.9 Å². The molecule has 0 saturated carbocycles. The summed E-state index contributed by atoms with van der Waals surface area (Å²) >= 11 is 0. The predicted molar refractivity (Wildman–Crippen MR) is 91.1 cm³/mol. The number of halogens is 1. The minimum Gasteiger partial charge on any atom is -0.332 e. The zero-order valence-electron chi connectivity index (χ0n) is 14.0. The van der Waals surface area contributed by atoms with Crippen LogP contribution in [0.1, 0.15) is 24.6 Å². The molecule has 1 aliphatic rings. The Hall–Kier alpha value is -3.16. The lowest BCUT2D eigenvalue weighted by Gasteiger charge is -2.23. The molecule has 0 N–H and O–H groups in total. The van der Waals surface area contributed by atoms with Gasteiger partial charge in [-0.3, -0.25) is 9.78 Å². The lowest BCUT2D eigenvalue weighted by atomic mass is 10.1. The highest BCUT2D eigenvalue weighted by Crippen LogP contribution is 2.30. The zero-order valence-corrected chi connectivity index (χ0v) is 14.0. The van der Waals surface area contributed by atoms with Crippen molar-refractivity contribution in [3.8, 4) is 11.4 Å². The van der Waals surface area contributed by atoms with Gasteiger partial charge in [-0.15, -0.1) is 10.2 Å². The first kappa shape index (κ1) is 16.3. The number of rotatable bonds is 4. The monoisotopic (exact) mass is 352 g/mol. The number of carbonyl (C=O) groups is 1. The molecule has 1 fully saturated rings. The molecule has 1 aliphatic heterocycles. The van der Waals surface area contributed by atoms with Crippen LogP contribution >= 0.6 is 0 Å². The van der Waals surface area contributed by atoms with E-state index < -0.39 is 0 Å². The predicted octanol–water partition coefficient (Wildman–Crippen LogP) is 2.24. The molecule has 2 aromatic heterocycles. The van der Waals surface area contributed by atoms with Gasteiger partial charge in [-0.1, -0.05) is 6.07 Å². The minimum atomic E-state index is -0.328. The van der Waals surface area contributed by atoms with E-state index in [1.807, 2.05) is 23.1 Å². The molecule has 0 bridgehead atoms. The third-order valence-electron chi connectivity index (χ3n) is 4.43. The fourth-order valence-corrected chi connectivity index (χ4v) is 3.18. The highest BCUT2D eigenvalue weighted by atomic mass is 19.1. The molecule has 0 spiro atoms. The van der Waals surface area contributed by atoms with E-state index in [9.17, 15) is 9.18 Å². The summed E-state index contributed by atoms with van der Waals surface area (Å²) < 4.78 is 13.0. The topological polar surface area (TPSA) is 76.8 Å². The van der Waals surface area contributed by atoms with Crippen LogP contribution in [-0.4, -0.2) is 42.5 Å². The van der Waals surface area contributed by atoms with Crippen molar-refractivity contribution < 1.29 is 9.18 Å². The normalized spacial score (nSPS) is 16.8. The van der Waals surface area contributed by atoms with Gasteiger partial charge < -0.3 is 4.90 Å². The van der Waals surface area contributed by atoms with Gasteiger partial charge in [-0.05, 0) is 54.5 Å². The number of tetrazole rings is 1. The molecule has 1 saturated heterocycles. The Morgan fingerprint density at radius 3 is 2.81 bits per heavy atom. The molecule has 132 valence electrons. The molecule has 1 amide bonds. The maximum Gasteiger partial charge on any atom is 0.246 e. The molecule has 0 unspecified atom stereocenters. The lowest BCUT2D eigenvalue weighted by molar-refractivity contribution is -0.133. The van der Waals surface area contributed by atoms with Crippen molar-refractivity contribution in [2.24, 2.45) is 0 Å². The Morgan fingerprint density at radius 2 is 2.04 bits per heavy atom. The molecule has 26 heavy (non-hydrogen) atoms.